The van der Waals surface area contributed by atoms with Gasteiger partial charge in [-0.1, -0.05) is 0 Å². The van der Waals surface area contributed by atoms with E-state index in [0.717, 1.165) is 17.0 Å². The van der Waals surface area contributed by atoms with E-state index in [1.54, 1.807) is 0 Å². The molecule has 23 heavy (non-hydrogen) atoms. The van der Waals surface area contributed by atoms with Gasteiger partial charge >= 0.3 is 6.09 Å². The SMILES string of the molecule is O=C1COC(=O)N1C1CCN(S(=O)(=O)c2ccc(F)cc2)CC1. The van der Waals surface area contributed by atoms with Crippen LogP contribution in [-0.2, 0) is 19.6 Å². The first-order chi connectivity index (χ1) is 10.9. The van der Waals surface area contributed by atoms with Crippen LogP contribution in [0.15, 0.2) is 29.2 Å². The molecule has 0 atom stereocenters. The maximum Gasteiger partial charge on any atom is 0.417 e. The standard InChI is InChI=1S/C14H15FN2O5S/c15-10-1-3-12(4-2-10)23(20,21)16-7-5-11(6-8-16)17-13(18)9-22-14(17)19/h1-4,11H,5-9H2. The number of imide groups is 1. The smallest absolute Gasteiger partial charge is 0.417 e. The van der Waals surface area contributed by atoms with Crippen molar-refractivity contribution < 1.29 is 27.1 Å². The number of amides is 2. The lowest BCUT2D eigenvalue weighted by Gasteiger charge is -2.33. The molecule has 7 nitrogen and oxygen atoms in total. The molecule has 1 aromatic carbocycles. The normalized spacial score (nSPS) is 20.8. The third-order valence-corrected chi connectivity index (χ3v) is 5.94. The second-order valence-corrected chi connectivity index (χ2v) is 7.35. The van der Waals surface area contributed by atoms with Crippen LogP contribution in [-0.4, -0.2) is 55.4 Å². The predicted octanol–water partition coefficient (Wildman–Crippen LogP) is 0.958. The number of piperidine rings is 1. The molecular formula is C14H15FN2O5S. The maximum atomic E-state index is 12.9. The number of halogens is 1. The van der Waals surface area contributed by atoms with Gasteiger partial charge in [-0.2, -0.15) is 4.31 Å². The van der Waals surface area contributed by atoms with Gasteiger partial charge in [0.05, 0.1) is 4.90 Å². The number of carbonyl (C=O) groups is 2. The quantitative estimate of drug-likeness (QED) is 0.817. The Bertz CT molecular complexity index is 710. The highest BCUT2D eigenvalue weighted by Gasteiger charge is 2.40. The second-order valence-electron chi connectivity index (χ2n) is 5.41. The Hall–Kier alpha value is -2.00. The molecule has 2 aliphatic heterocycles. The summed E-state index contributed by atoms with van der Waals surface area (Å²) in [6.07, 6.45) is 0.0255. The fourth-order valence-electron chi connectivity index (χ4n) is 2.81. The molecule has 0 N–H and O–H groups in total. The molecule has 2 amide bonds. The lowest BCUT2D eigenvalue weighted by atomic mass is 10.1. The predicted molar refractivity (Wildman–Crippen MR) is 76.4 cm³/mol. The zero-order chi connectivity index (χ0) is 16.6. The van der Waals surface area contributed by atoms with Gasteiger partial charge in [-0.25, -0.2) is 22.5 Å². The number of sulfonamides is 1. The molecule has 0 saturated carbocycles. The van der Waals surface area contributed by atoms with Gasteiger partial charge in [0, 0.05) is 19.1 Å². The molecule has 0 aliphatic carbocycles. The van der Waals surface area contributed by atoms with E-state index in [9.17, 15) is 22.4 Å². The number of benzene rings is 1. The van der Waals surface area contributed by atoms with Crippen LogP contribution in [0.2, 0.25) is 0 Å². The number of ether oxygens (including phenoxy) is 1. The van der Waals surface area contributed by atoms with E-state index >= 15 is 0 Å². The van der Waals surface area contributed by atoms with E-state index in [4.69, 9.17) is 0 Å². The van der Waals surface area contributed by atoms with Crippen molar-refractivity contribution in [1.29, 1.82) is 0 Å². The third kappa shape index (κ3) is 2.93. The summed E-state index contributed by atoms with van der Waals surface area (Å²) >= 11 is 0. The van der Waals surface area contributed by atoms with Gasteiger partial charge in [0.1, 0.15) is 5.82 Å². The van der Waals surface area contributed by atoms with Gasteiger partial charge in [0.25, 0.3) is 5.91 Å². The fourth-order valence-corrected chi connectivity index (χ4v) is 4.28. The summed E-state index contributed by atoms with van der Waals surface area (Å²) in [7, 11) is -3.71. The first kappa shape index (κ1) is 15.9. The highest BCUT2D eigenvalue weighted by atomic mass is 32.2. The minimum Gasteiger partial charge on any atom is -0.439 e. The molecule has 0 bridgehead atoms. The monoisotopic (exact) mass is 342 g/mol. The van der Waals surface area contributed by atoms with Gasteiger partial charge < -0.3 is 4.74 Å². The van der Waals surface area contributed by atoms with Crippen molar-refractivity contribution in [2.24, 2.45) is 0 Å². The van der Waals surface area contributed by atoms with Crippen molar-refractivity contribution in [3.05, 3.63) is 30.1 Å². The van der Waals surface area contributed by atoms with E-state index in [-0.39, 0.29) is 30.6 Å². The summed E-state index contributed by atoms with van der Waals surface area (Å²) in [6.45, 7) is 0.107. The lowest BCUT2D eigenvalue weighted by molar-refractivity contribution is -0.127. The van der Waals surface area contributed by atoms with E-state index < -0.39 is 27.8 Å². The Balaban J connectivity index is 1.70. The Morgan fingerprint density at radius 3 is 2.22 bits per heavy atom. The minimum atomic E-state index is -3.71. The number of hydrogen-bond acceptors (Lipinski definition) is 5. The van der Waals surface area contributed by atoms with Crippen LogP contribution < -0.4 is 0 Å². The average Bonchev–Trinajstić information content (AvgIpc) is 2.87. The number of nitrogens with zero attached hydrogens (tertiary/aromatic N) is 2. The van der Waals surface area contributed by atoms with Crippen LogP contribution in [0, 0.1) is 5.82 Å². The van der Waals surface area contributed by atoms with Crippen molar-refractivity contribution in [2.45, 2.75) is 23.8 Å². The fraction of sp³-hybridized carbons (Fsp3) is 0.429. The van der Waals surface area contributed by atoms with Crippen LogP contribution >= 0.6 is 0 Å². The molecule has 3 rings (SSSR count). The van der Waals surface area contributed by atoms with Crippen molar-refractivity contribution >= 4 is 22.0 Å². The van der Waals surface area contributed by atoms with Gasteiger partial charge in [-0.05, 0) is 37.1 Å². The van der Waals surface area contributed by atoms with Crippen LogP contribution in [0.3, 0.4) is 0 Å². The molecule has 9 heteroatoms. The van der Waals surface area contributed by atoms with Crippen molar-refractivity contribution in [3.63, 3.8) is 0 Å². The van der Waals surface area contributed by atoms with Gasteiger partial charge in [-0.3, -0.25) is 4.79 Å². The zero-order valence-corrected chi connectivity index (χ0v) is 13.0. The lowest BCUT2D eigenvalue weighted by Crippen LogP contribution is -2.48. The van der Waals surface area contributed by atoms with E-state index in [1.807, 2.05) is 0 Å². The molecule has 2 saturated heterocycles. The topological polar surface area (TPSA) is 84.0 Å². The van der Waals surface area contributed by atoms with Crippen LogP contribution in [0.4, 0.5) is 9.18 Å². The van der Waals surface area contributed by atoms with Crippen LogP contribution in [0.25, 0.3) is 0 Å². The van der Waals surface area contributed by atoms with Crippen molar-refractivity contribution in [2.75, 3.05) is 19.7 Å². The molecule has 0 spiro atoms. The second kappa shape index (κ2) is 5.89. The third-order valence-electron chi connectivity index (χ3n) is 4.02. The van der Waals surface area contributed by atoms with Crippen molar-refractivity contribution in [3.8, 4) is 0 Å². The van der Waals surface area contributed by atoms with Gasteiger partial charge in [0.15, 0.2) is 6.61 Å². The van der Waals surface area contributed by atoms with Crippen LogP contribution in [0.1, 0.15) is 12.8 Å². The molecule has 124 valence electrons. The molecule has 2 heterocycles. The minimum absolute atomic E-state index is 0.0222. The molecule has 2 fully saturated rings. The highest BCUT2D eigenvalue weighted by Crippen LogP contribution is 2.25. The van der Waals surface area contributed by atoms with E-state index in [2.05, 4.69) is 4.74 Å². The maximum absolute atomic E-state index is 12.9. The van der Waals surface area contributed by atoms with Crippen molar-refractivity contribution in [1.82, 2.24) is 9.21 Å². The Morgan fingerprint density at radius 1 is 1.09 bits per heavy atom. The molecule has 0 aromatic heterocycles. The summed E-state index contributed by atoms with van der Waals surface area (Å²) in [5.74, 6) is -0.899. The zero-order valence-electron chi connectivity index (χ0n) is 12.1. The average molecular weight is 342 g/mol. The summed E-state index contributed by atoms with van der Waals surface area (Å²) < 4.78 is 43.9. The Morgan fingerprint density at radius 2 is 1.70 bits per heavy atom. The summed E-state index contributed by atoms with van der Waals surface area (Å²) in [4.78, 5) is 24.3. The molecular weight excluding hydrogens is 327 g/mol. The molecule has 0 radical (unpaired) electrons. The molecule has 2 aliphatic rings. The summed E-state index contributed by atoms with van der Waals surface area (Å²) in [6, 6.07) is 4.28. The summed E-state index contributed by atoms with van der Waals surface area (Å²) in [5, 5.41) is 0. The van der Waals surface area contributed by atoms with Gasteiger partial charge in [-0.15, -0.1) is 0 Å². The van der Waals surface area contributed by atoms with Gasteiger partial charge in [0.2, 0.25) is 10.0 Å². The number of rotatable bonds is 3. The van der Waals surface area contributed by atoms with E-state index in [1.165, 1.54) is 16.4 Å². The first-order valence-corrected chi connectivity index (χ1v) is 8.58. The number of hydrogen-bond donors (Lipinski definition) is 0. The Labute approximate surface area is 132 Å². The summed E-state index contributed by atoms with van der Waals surface area (Å²) in [5.41, 5.74) is 0. The number of carbonyl (C=O) groups excluding carboxylic acids is 2. The Kier molecular flexibility index (Phi) is 4.07. The molecule has 1 aromatic rings. The number of cyclic esters (lactones) is 1. The molecule has 0 unspecified atom stereocenters. The van der Waals surface area contributed by atoms with Crippen LogP contribution in [0.5, 0.6) is 0 Å². The highest BCUT2D eigenvalue weighted by molar-refractivity contribution is 7.89. The largest absolute Gasteiger partial charge is 0.439 e. The first-order valence-electron chi connectivity index (χ1n) is 7.14. The van der Waals surface area contributed by atoms with E-state index in [0.29, 0.717) is 12.8 Å².